The van der Waals surface area contributed by atoms with Crippen LogP contribution in [0.5, 0.6) is 0 Å². The highest BCUT2D eigenvalue weighted by atomic mass is 32.2. The minimum atomic E-state index is -0.220. The predicted octanol–water partition coefficient (Wildman–Crippen LogP) is 1.15. The van der Waals surface area contributed by atoms with Gasteiger partial charge in [-0.2, -0.15) is 11.8 Å². The van der Waals surface area contributed by atoms with Gasteiger partial charge in [0.05, 0.1) is 16.9 Å². The lowest BCUT2D eigenvalue weighted by atomic mass is 10.1. The highest BCUT2D eigenvalue weighted by Crippen LogP contribution is 2.22. The Labute approximate surface area is 121 Å². The molecule has 0 saturated carbocycles. The van der Waals surface area contributed by atoms with E-state index in [0.717, 1.165) is 5.75 Å². The van der Waals surface area contributed by atoms with Crippen molar-refractivity contribution >= 4 is 29.5 Å². The topological polar surface area (TPSA) is 66.5 Å². The standard InChI is InChI=1S/C14H16N2O3S/c1-15-12(17)9-20-8-4-7-16-13(18)10-5-2-3-6-11(10)14(16)19/h2-3,5-6H,4,7-9H2,1H3,(H,15,17). The minimum Gasteiger partial charge on any atom is -0.358 e. The molecule has 1 aromatic rings. The second kappa shape index (κ2) is 6.56. The molecule has 0 aliphatic carbocycles. The van der Waals surface area contributed by atoms with Gasteiger partial charge in [0.1, 0.15) is 0 Å². The van der Waals surface area contributed by atoms with Gasteiger partial charge in [0, 0.05) is 13.6 Å². The first-order valence-electron chi connectivity index (χ1n) is 6.38. The summed E-state index contributed by atoms with van der Waals surface area (Å²) in [7, 11) is 1.60. The van der Waals surface area contributed by atoms with Crippen molar-refractivity contribution in [1.29, 1.82) is 0 Å². The Balaban J connectivity index is 1.82. The zero-order chi connectivity index (χ0) is 14.5. The largest absolute Gasteiger partial charge is 0.358 e. The van der Waals surface area contributed by atoms with E-state index in [4.69, 9.17) is 0 Å². The van der Waals surface area contributed by atoms with E-state index in [-0.39, 0.29) is 17.7 Å². The number of carbonyl (C=O) groups is 3. The summed E-state index contributed by atoms with van der Waals surface area (Å²) in [6.45, 7) is 0.396. The van der Waals surface area contributed by atoms with E-state index < -0.39 is 0 Å². The lowest BCUT2D eigenvalue weighted by molar-refractivity contribution is -0.118. The molecule has 0 atom stereocenters. The van der Waals surface area contributed by atoms with Crippen LogP contribution in [0, 0.1) is 0 Å². The maximum Gasteiger partial charge on any atom is 0.261 e. The Hall–Kier alpha value is -1.82. The molecular weight excluding hydrogens is 276 g/mol. The van der Waals surface area contributed by atoms with Gasteiger partial charge in [0.25, 0.3) is 11.8 Å². The van der Waals surface area contributed by atoms with E-state index in [2.05, 4.69) is 5.32 Å². The molecule has 1 aromatic carbocycles. The van der Waals surface area contributed by atoms with Crippen LogP contribution >= 0.6 is 11.8 Å². The monoisotopic (exact) mass is 292 g/mol. The Morgan fingerprint density at radius 2 is 1.80 bits per heavy atom. The Bertz CT molecular complexity index is 510. The van der Waals surface area contributed by atoms with Crippen LogP contribution in [0.2, 0.25) is 0 Å². The molecular formula is C14H16N2O3S. The fourth-order valence-electron chi connectivity index (χ4n) is 2.00. The summed E-state index contributed by atoms with van der Waals surface area (Å²) in [6.07, 6.45) is 0.688. The highest BCUT2D eigenvalue weighted by Gasteiger charge is 2.34. The van der Waals surface area contributed by atoms with E-state index in [1.807, 2.05) is 0 Å². The fourth-order valence-corrected chi connectivity index (χ4v) is 2.81. The second-order valence-electron chi connectivity index (χ2n) is 4.39. The number of nitrogens with zero attached hydrogens (tertiary/aromatic N) is 1. The molecule has 106 valence electrons. The number of nitrogens with one attached hydrogen (secondary N) is 1. The lowest BCUT2D eigenvalue weighted by Gasteiger charge is -2.13. The predicted molar refractivity (Wildman–Crippen MR) is 77.8 cm³/mol. The summed E-state index contributed by atoms with van der Waals surface area (Å²) >= 11 is 1.49. The molecule has 1 N–H and O–H groups in total. The van der Waals surface area contributed by atoms with Crippen LogP contribution in [0.3, 0.4) is 0 Å². The molecule has 20 heavy (non-hydrogen) atoms. The van der Waals surface area contributed by atoms with E-state index in [1.54, 1.807) is 31.3 Å². The summed E-state index contributed by atoms with van der Waals surface area (Å²) in [5.74, 6) is 0.680. The van der Waals surface area contributed by atoms with Crippen LogP contribution < -0.4 is 5.32 Å². The van der Waals surface area contributed by atoms with Crippen molar-refractivity contribution in [1.82, 2.24) is 10.2 Å². The van der Waals surface area contributed by atoms with Crippen molar-refractivity contribution in [3.63, 3.8) is 0 Å². The smallest absolute Gasteiger partial charge is 0.261 e. The maximum atomic E-state index is 12.1. The van der Waals surface area contributed by atoms with Gasteiger partial charge < -0.3 is 5.32 Å². The molecule has 0 aromatic heterocycles. The van der Waals surface area contributed by atoms with Crippen molar-refractivity contribution in [2.45, 2.75) is 6.42 Å². The van der Waals surface area contributed by atoms with E-state index in [0.29, 0.717) is 29.8 Å². The van der Waals surface area contributed by atoms with Gasteiger partial charge >= 0.3 is 0 Å². The molecule has 1 heterocycles. The van der Waals surface area contributed by atoms with Gasteiger partial charge in [0.2, 0.25) is 5.91 Å². The third-order valence-electron chi connectivity index (χ3n) is 3.06. The lowest BCUT2D eigenvalue weighted by Crippen LogP contribution is -2.31. The third kappa shape index (κ3) is 3.01. The number of thioether (sulfide) groups is 1. The van der Waals surface area contributed by atoms with E-state index in [9.17, 15) is 14.4 Å². The minimum absolute atomic E-state index is 0.0178. The highest BCUT2D eigenvalue weighted by molar-refractivity contribution is 7.99. The second-order valence-corrected chi connectivity index (χ2v) is 5.49. The normalized spacial score (nSPS) is 13.6. The molecule has 3 amide bonds. The number of amides is 3. The van der Waals surface area contributed by atoms with Gasteiger partial charge in [0.15, 0.2) is 0 Å². The zero-order valence-corrected chi connectivity index (χ0v) is 12.0. The van der Waals surface area contributed by atoms with Crippen molar-refractivity contribution in [3.05, 3.63) is 35.4 Å². The average molecular weight is 292 g/mol. The van der Waals surface area contributed by atoms with Crippen LogP contribution in [0.4, 0.5) is 0 Å². The van der Waals surface area contributed by atoms with Crippen LogP contribution in [0.1, 0.15) is 27.1 Å². The molecule has 1 aliphatic heterocycles. The molecule has 2 rings (SSSR count). The van der Waals surface area contributed by atoms with Gasteiger partial charge in [-0.05, 0) is 24.3 Å². The van der Waals surface area contributed by atoms with Crippen LogP contribution in [-0.2, 0) is 4.79 Å². The molecule has 0 spiro atoms. The average Bonchev–Trinajstić information content (AvgIpc) is 2.71. The van der Waals surface area contributed by atoms with Crippen molar-refractivity contribution < 1.29 is 14.4 Å². The quantitative estimate of drug-likeness (QED) is 0.631. The molecule has 5 nitrogen and oxygen atoms in total. The first-order valence-corrected chi connectivity index (χ1v) is 7.54. The Morgan fingerprint density at radius 1 is 1.20 bits per heavy atom. The molecule has 0 unspecified atom stereocenters. The van der Waals surface area contributed by atoms with Gasteiger partial charge in [-0.1, -0.05) is 12.1 Å². The van der Waals surface area contributed by atoms with Crippen molar-refractivity contribution in [2.24, 2.45) is 0 Å². The maximum absolute atomic E-state index is 12.1. The van der Waals surface area contributed by atoms with Crippen molar-refractivity contribution in [3.8, 4) is 0 Å². The number of imide groups is 1. The fraction of sp³-hybridized carbons (Fsp3) is 0.357. The number of fused-ring (bicyclic) bond motifs is 1. The van der Waals surface area contributed by atoms with Gasteiger partial charge in [-0.3, -0.25) is 19.3 Å². The molecule has 0 fully saturated rings. The number of benzene rings is 1. The Kier molecular flexibility index (Phi) is 4.79. The summed E-state index contributed by atoms with van der Waals surface area (Å²) in [5.41, 5.74) is 0.964. The van der Waals surface area contributed by atoms with Crippen molar-refractivity contribution in [2.75, 3.05) is 25.1 Å². The summed E-state index contributed by atoms with van der Waals surface area (Å²) < 4.78 is 0. The van der Waals surface area contributed by atoms with E-state index >= 15 is 0 Å². The van der Waals surface area contributed by atoms with Crippen LogP contribution in [0.25, 0.3) is 0 Å². The number of carbonyl (C=O) groups excluding carboxylic acids is 3. The number of hydrogen-bond donors (Lipinski definition) is 1. The van der Waals surface area contributed by atoms with E-state index in [1.165, 1.54) is 16.7 Å². The van der Waals surface area contributed by atoms with Crippen LogP contribution in [0.15, 0.2) is 24.3 Å². The first kappa shape index (κ1) is 14.6. The molecule has 6 heteroatoms. The van der Waals surface area contributed by atoms with Gasteiger partial charge in [-0.15, -0.1) is 0 Å². The summed E-state index contributed by atoms with van der Waals surface area (Å²) in [6, 6.07) is 6.87. The Morgan fingerprint density at radius 3 is 2.35 bits per heavy atom. The summed E-state index contributed by atoms with van der Waals surface area (Å²) in [4.78, 5) is 36.4. The number of rotatable bonds is 6. The zero-order valence-electron chi connectivity index (χ0n) is 11.2. The molecule has 0 radical (unpaired) electrons. The third-order valence-corrected chi connectivity index (χ3v) is 4.10. The SMILES string of the molecule is CNC(=O)CSCCCN1C(=O)c2ccccc2C1=O. The number of hydrogen-bond acceptors (Lipinski definition) is 4. The first-order chi connectivity index (χ1) is 9.65. The molecule has 0 saturated heterocycles. The van der Waals surface area contributed by atoms with Gasteiger partial charge in [-0.25, -0.2) is 0 Å². The molecule has 1 aliphatic rings. The molecule has 0 bridgehead atoms. The van der Waals surface area contributed by atoms with Crippen LogP contribution in [-0.4, -0.2) is 47.7 Å². The summed E-state index contributed by atoms with van der Waals surface area (Å²) in [5, 5.41) is 2.54.